The zero-order chi connectivity index (χ0) is 47.7. The maximum absolute atomic E-state index is 12.5. The van der Waals surface area contributed by atoms with E-state index < -0.39 is 5.89 Å². The van der Waals surface area contributed by atoms with Crippen LogP contribution in [0.15, 0.2) is 134 Å². The largest absolute Gasteiger partial charge is 0.507 e. The van der Waals surface area contributed by atoms with Gasteiger partial charge in [0.25, 0.3) is 0 Å². The van der Waals surface area contributed by atoms with E-state index in [1.54, 1.807) is 0 Å². The molecule has 4 nitrogen and oxygen atoms in total. The Kier molecular flexibility index (Phi) is 12.7. The average molecular weight is 1050 g/mol. The van der Waals surface area contributed by atoms with Crippen LogP contribution in [0.4, 0.5) is 0 Å². The van der Waals surface area contributed by atoms with Crippen molar-refractivity contribution in [3.05, 3.63) is 167 Å². The van der Waals surface area contributed by atoms with Gasteiger partial charge < -0.3 is 5.11 Å². The number of rotatable bonds is 7. The van der Waals surface area contributed by atoms with Gasteiger partial charge in [-0.25, -0.2) is 4.98 Å². The first-order valence-electron chi connectivity index (χ1n) is 23.5. The molecule has 0 atom stereocenters. The molecule has 342 valence electrons. The van der Waals surface area contributed by atoms with Crippen LogP contribution in [0.1, 0.15) is 132 Å². The van der Waals surface area contributed by atoms with Gasteiger partial charge in [0.2, 0.25) is 0 Å². The second-order valence-electron chi connectivity index (χ2n) is 22.2. The molecule has 0 aliphatic heterocycles. The van der Waals surface area contributed by atoms with Gasteiger partial charge in [0.05, 0.1) is 22.3 Å². The number of hydrogen-bond acceptors (Lipinski definition) is 3. The number of imidazole rings is 1. The number of hydrogen-bond donors (Lipinski definition) is 1. The van der Waals surface area contributed by atoms with Crippen molar-refractivity contribution in [3.63, 3.8) is 0 Å². The van der Waals surface area contributed by atoms with Crippen molar-refractivity contribution in [1.29, 1.82) is 0 Å². The minimum Gasteiger partial charge on any atom is -0.507 e. The number of phenols is 1. The van der Waals surface area contributed by atoms with E-state index in [2.05, 4.69) is 203 Å². The van der Waals surface area contributed by atoms with Crippen molar-refractivity contribution in [2.75, 3.05) is 0 Å². The Balaban J connectivity index is 0.00000666. The van der Waals surface area contributed by atoms with Crippen molar-refractivity contribution in [1.82, 2.24) is 14.5 Å². The second kappa shape index (κ2) is 17.9. The zero-order valence-corrected chi connectivity index (χ0v) is 43.6. The minimum absolute atomic E-state index is 0. The fraction of sp³-hybridized carbons (Fsp3) is 0.311. The van der Waals surface area contributed by atoms with Gasteiger partial charge in [-0.1, -0.05) is 199 Å². The van der Waals surface area contributed by atoms with Crippen molar-refractivity contribution in [2.45, 2.75) is 124 Å². The van der Waals surface area contributed by atoms with E-state index in [0.29, 0.717) is 11.4 Å². The molecule has 0 spiro atoms. The molecule has 0 saturated carbocycles. The van der Waals surface area contributed by atoms with Crippen LogP contribution in [0.5, 0.6) is 5.75 Å². The van der Waals surface area contributed by atoms with Crippen LogP contribution < -0.4 is 0 Å². The third-order valence-corrected chi connectivity index (χ3v) is 12.8. The van der Waals surface area contributed by atoms with E-state index in [0.717, 1.165) is 83.6 Å². The molecule has 6 aromatic carbocycles. The maximum atomic E-state index is 12.5. The number of fused-ring (bicyclic) bond motifs is 1. The Bertz CT molecular complexity index is 3090. The zero-order valence-electron chi connectivity index (χ0n) is 42.3. The van der Waals surface area contributed by atoms with Crippen LogP contribution in [0.3, 0.4) is 0 Å². The van der Waals surface area contributed by atoms with Gasteiger partial charge in [-0.3, -0.25) is 9.55 Å². The minimum atomic E-state index is -0.673. The van der Waals surface area contributed by atoms with Gasteiger partial charge >= 0.3 is 0 Å². The molecule has 0 saturated heterocycles. The summed E-state index contributed by atoms with van der Waals surface area (Å²) in [5, 5.41) is 12.5. The molecule has 1 N–H and O–H groups in total. The Morgan fingerprint density at radius 3 is 1.77 bits per heavy atom. The van der Waals surface area contributed by atoms with Crippen LogP contribution in [0.25, 0.3) is 72.7 Å². The van der Waals surface area contributed by atoms with Gasteiger partial charge in [0, 0.05) is 45.5 Å². The van der Waals surface area contributed by atoms with Gasteiger partial charge in [-0.05, 0) is 85.2 Å². The first kappa shape index (κ1) is 46.9. The monoisotopic (exact) mass is 1050 g/mol. The van der Waals surface area contributed by atoms with Crippen LogP contribution in [-0.4, -0.2) is 19.6 Å². The topological polar surface area (TPSA) is 50.9 Å². The van der Waals surface area contributed by atoms with Gasteiger partial charge in [0.1, 0.15) is 11.6 Å². The summed E-state index contributed by atoms with van der Waals surface area (Å²) in [5.41, 5.74) is 16.0. The fourth-order valence-corrected chi connectivity index (χ4v) is 8.65. The van der Waals surface area contributed by atoms with Crippen molar-refractivity contribution >= 4 is 11.0 Å². The quantitative estimate of drug-likeness (QED) is 0.162. The number of pyridine rings is 1. The summed E-state index contributed by atoms with van der Waals surface area (Å²) in [4.78, 5) is 10.6. The predicted octanol–water partition coefficient (Wildman–Crippen LogP) is 16.6. The number of benzene rings is 6. The number of nitrogens with zero attached hydrogens (tertiary/aromatic N) is 3. The molecule has 0 aliphatic carbocycles. The molecule has 2 aromatic heterocycles. The molecule has 0 aliphatic rings. The Labute approximate surface area is 410 Å². The van der Waals surface area contributed by atoms with E-state index in [-0.39, 0.29) is 48.5 Å². The van der Waals surface area contributed by atoms with E-state index in [1.165, 1.54) is 5.56 Å². The Morgan fingerprint density at radius 2 is 1.15 bits per heavy atom. The number of aromatic hydroxyl groups is 1. The molecular weight excluding hydrogens is 986 g/mol. The summed E-state index contributed by atoms with van der Waals surface area (Å²) in [7, 11) is 0. The molecular formula is C61H66N3OPt-. The molecule has 8 aromatic rings. The molecule has 8 rings (SSSR count). The molecule has 5 heteroatoms. The van der Waals surface area contributed by atoms with E-state index in [1.807, 2.05) is 38.2 Å². The molecule has 66 heavy (non-hydrogen) atoms. The SMILES string of the molecule is [2H]C(C)(C)c1ccc(-c2ccnc(-c3[c-]c(-c4cccc5c4nc(-c4cc(C(C)(C)C)cc(C(C)(C)C)c4O)n5-c4ccccc4-c4ccc(C(C)(C)C)cc4)cc(C(C)(C)C)c3)c2)cc1.[Pt]. The van der Waals surface area contributed by atoms with Crippen LogP contribution in [0.2, 0.25) is 0 Å². The third-order valence-electron chi connectivity index (χ3n) is 12.8. The fourth-order valence-electron chi connectivity index (χ4n) is 8.65. The smallest absolute Gasteiger partial charge is 0.148 e. The van der Waals surface area contributed by atoms with Crippen LogP contribution in [0, 0.1) is 6.07 Å². The number of para-hydroxylation sites is 2. The molecule has 0 amide bonds. The van der Waals surface area contributed by atoms with Crippen molar-refractivity contribution in [3.8, 4) is 67.5 Å². The second-order valence-corrected chi connectivity index (χ2v) is 22.2. The van der Waals surface area contributed by atoms with Gasteiger partial charge in [-0.2, -0.15) is 0 Å². The van der Waals surface area contributed by atoms with E-state index in [4.69, 9.17) is 11.3 Å². The number of aromatic nitrogens is 3. The predicted molar refractivity (Wildman–Crippen MR) is 275 cm³/mol. The van der Waals surface area contributed by atoms with Crippen LogP contribution in [-0.2, 0) is 42.7 Å². The maximum Gasteiger partial charge on any atom is 0.148 e. The van der Waals surface area contributed by atoms with Crippen LogP contribution >= 0.6 is 0 Å². The average Bonchev–Trinajstić information content (AvgIpc) is 3.64. The Hall–Kier alpha value is -5.57. The summed E-state index contributed by atoms with van der Waals surface area (Å²) in [6.07, 6.45) is 1.87. The standard InChI is InChI=1S/C61H66N3O.Pt/c1-38(2)39-22-24-40(25-23-39)42-30-31-62-52(35-42)44-32-43(33-46(34-44)59(6,7)8)49-19-17-21-54-55(49)63-57(50-36-47(60(9,10)11)37-51(56(50)65)61(12,13)14)64(54)53-20-16-15-18-48(53)41-26-28-45(29-27-41)58(3,4)5;/h15-31,33-38,65H,1-14H3;/q-1;/i38D;. The first-order valence-corrected chi connectivity index (χ1v) is 23.0. The van der Waals surface area contributed by atoms with Gasteiger partial charge in [0.15, 0.2) is 0 Å². The summed E-state index contributed by atoms with van der Waals surface area (Å²) < 4.78 is 10.8. The normalized spacial score (nSPS) is 12.8. The summed E-state index contributed by atoms with van der Waals surface area (Å²) in [6, 6.07) is 49.0. The molecule has 0 fully saturated rings. The molecule has 2 heterocycles. The van der Waals surface area contributed by atoms with E-state index >= 15 is 0 Å². The first-order chi connectivity index (χ1) is 30.8. The molecule has 0 radical (unpaired) electrons. The third kappa shape index (κ3) is 9.63. The van der Waals surface area contributed by atoms with Crippen molar-refractivity contribution in [2.24, 2.45) is 0 Å². The summed E-state index contributed by atoms with van der Waals surface area (Å²) >= 11 is 0. The number of phenolic OH excluding ortho intramolecular Hbond substituents is 1. The summed E-state index contributed by atoms with van der Waals surface area (Å²) in [6.45, 7) is 30.4. The Morgan fingerprint density at radius 1 is 0.561 bits per heavy atom. The van der Waals surface area contributed by atoms with E-state index in [9.17, 15) is 5.11 Å². The van der Waals surface area contributed by atoms with Gasteiger partial charge in [-0.15, -0.1) is 29.3 Å². The summed E-state index contributed by atoms with van der Waals surface area (Å²) in [5.74, 6) is 0.244. The van der Waals surface area contributed by atoms with Crippen molar-refractivity contribution < 1.29 is 27.5 Å². The molecule has 0 bridgehead atoms. The molecule has 0 unspecified atom stereocenters.